The first-order valence-electron chi connectivity index (χ1n) is 10.0. The molecule has 0 aliphatic rings. The van der Waals surface area contributed by atoms with E-state index < -0.39 is 5.91 Å². The summed E-state index contributed by atoms with van der Waals surface area (Å²) in [5.41, 5.74) is 3.75. The molecule has 1 N–H and O–H groups in total. The van der Waals surface area contributed by atoms with Crippen molar-refractivity contribution in [2.75, 3.05) is 5.32 Å². The number of hydrogen-bond acceptors (Lipinski definition) is 4. The average molecular weight is 444 g/mol. The molecule has 0 spiro atoms. The highest BCUT2D eigenvalue weighted by Gasteiger charge is 2.19. The van der Waals surface area contributed by atoms with Crippen LogP contribution in [0.25, 0.3) is 16.7 Å². The van der Waals surface area contributed by atoms with E-state index in [1.54, 1.807) is 28.8 Å². The van der Waals surface area contributed by atoms with Gasteiger partial charge in [0.25, 0.3) is 11.5 Å². The fraction of sp³-hybridized carbons (Fsp3) is 0.0833. The molecule has 2 heterocycles. The van der Waals surface area contributed by atoms with Crippen LogP contribution in [0, 0.1) is 6.92 Å². The number of amides is 1. The second-order valence-corrected chi connectivity index (χ2v) is 7.94. The maximum absolute atomic E-state index is 13.4. The van der Waals surface area contributed by atoms with Crippen molar-refractivity contribution in [3.63, 3.8) is 0 Å². The summed E-state index contributed by atoms with van der Waals surface area (Å²) in [6.07, 6.45) is 0. The monoisotopic (exact) mass is 443 g/mol. The van der Waals surface area contributed by atoms with Gasteiger partial charge in [-0.3, -0.25) is 14.2 Å². The number of anilines is 1. The molecule has 8 heteroatoms. The summed E-state index contributed by atoms with van der Waals surface area (Å²) in [4.78, 5) is 30.4. The molecule has 0 aliphatic carbocycles. The van der Waals surface area contributed by atoms with Crippen molar-refractivity contribution < 1.29 is 4.79 Å². The second kappa shape index (κ2) is 7.94. The Morgan fingerprint density at radius 2 is 1.75 bits per heavy atom. The number of carbonyl (C=O) groups is 1. The van der Waals surface area contributed by atoms with Crippen LogP contribution in [0.5, 0.6) is 0 Å². The van der Waals surface area contributed by atoms with Gasteiger partial charge in [0.05, 0.1) is 17.6 Å². The van der Waals surface area contributed by atoms with Crippen LogP contribution in [0.2, 0.25) is 5.02 Å². The molecule has 0 radical (unpaired) electrons. The van der Waals surface area contributed by atoms with E-state index in [-0.39, 0.29) is 17.0 Å². The van der Waals surface area contributed by atoms with Crippen LogP contribution >= 0.6 is 11.6 Å². The number of fused-ring (bicyclic) bond motifs is 3. The minimum absolute atomic E-state index is 0.0867. The van der Waals surface area contributed by atoms with Gasteiger partial charge in [-0.2, -0.15) is 4.98 Å². The lowest BCUT2D eigenvalue weighted by atomic mass is 10.2. The SMILES string of the molecule is Cc1ccc2c(c1)n(Cc1ccccc1)c(=O)c1nc(C(=O)Nc3ccc(Cl)cc3)nn12. The molecule has 0 bridgehead atoms. The Morgan fingerprint density at radius 3 is 2.50 bits per heavy atom. The largest absolute Gasteiger partial charge is 0.319 e. The summed E-state index contributed by atoms with van der Waals surface area (Å²) in [7, 11) is 0. The molecule has 0 saturated heterocycles. The zero-order valence-electron chi connectivity index (χ0n) is 17.1. The summed E-state index contributed by atoms with van der Waals surface area (Å²) >= 11 is 5.90. The predicted molar refractivity (Wildman–Crippen MR) is 124 cm³/mol. The molecule has 5 rings (SSSR count). The van der Waals surface area contributed by atoms with Crippen molar-refractivity contribution >= 4 is 39.9 Å². The highest BCUT2D eigenvalue weighted by atomic mass is 35.5. The van der Waals surface area contributed by atoms with Crippen LogP contribution in [0.15, 0.2) is 77.6 Å². The summed E-state index contributed by atoms with van der Waals surface area (Å²) in [5.74, 6) is -0.596. The first-order valence-corrected chi connectivity index (χ1v) is 10.4. The third kappa shape index (κ3) is 3.63. The molecule has 0 aliphatic heterocycles. The smallest absolute Gasteiger partial charge is 0.296 e. The van der Waals surface area contributed by atoms with E-state index in [4.69, 9.17) is 11.6 Å². The Kier molecular flexibility index (Phi) is 4.95. The number of nitrogens with zero attached hydrogens (tertiary/aromatic N) is 4. The molecule has 0 fully saturated rings. The van der Waals surface area contributed by atoms with Crippen LogP contribution in [-0.4, -0.2) is 25.1 Å². The molecule has 1 amide bonds. The fourth-order valence-corrected chi connectivity index (χ4v) is 3.74. The number of halogens is 1. The zero-order valence-corrected chi connectivity index (χ0v) is 17.9. The molecule has 0 saturated carbocycles. The minimum atomic E-state index is -0.509. The maximum Gasteiger partial charge on any atom is 0.296 e. The number of carbonyl (C=O) groups excluding carboxylic acids is 1. The van der Waals surface area contributed by atoms with Crippen molar-refractivity contribution in [1.29, 1.82) is 0 Å². The lowest BCUT2D eigenvalue weighted by Crippen LogP contribution is -2.24. The summed E-state index contributed by atoms with van der Waals surface area (Å²) in [5, 5.41) is 7.64. The standard InChI is InChI=1S/C24H18ClN5O2/c1-15-7-12-19-20(13-15)29(14-16-5-3-2-4-6-16)24(32)22-27-21(28-30(19)22)23(31)26-18-10-8-17(25)9-11-18/h2-13H,14H2,1H3,(H,26,31). The van der Waals surface area contributed by atoms with E-state index in [1.807, 2.05) is 55.5 Å². The van der Waals surface area contributed by atoms with Crippen molar-refractivity contribution in [2.45, 2.75) is 13.5 Å². The summed E-state index contributed by atoms with van der Waals surface area (Å²) in [6, 6.07) is 22.2. The molecule has 0 unspecified atom stereocenters. The Balaban J connectivity index is 1.64. The van der Waals surface area contributed by atoms with Crippen molar-refractivity contribution in [3.8, 4) is 0 Å². The molecule has 0 atom stereocenters. The first-order chi connectivity index (χ1) is 15.5. The van der Waals surface area contributed by atoms with E-state index in [0.717, 1.165) is 16.6 Å². The van der Waals surface area contributed by atoms with Crippen LogP contribution in [-0.2, 0) is 6.54 Å². The normalized spacial score (nSPS) is 11.2. The lowest BCUT2D eigenvalue weighted by Gasteiger charge is -2.12. The number of rotatable bonds is 4. The fourth-order valence-electron chi connectivity index (χ4n) is 3.62. The topological polar surface area (TPSA) is 81.3 Å². The van der Waals surface area contributed by atoms with Crippen molar-refractivity contribution in [2.24, 2.45) is 0 Å². The van der Waals surface area contributed by atoms with Crippen LogP contribution in [0.1, 0.15) is 21.7 Å². The number of hydrogen-bond donors (Lipinski definition) is 1. The molecule has 3 aromatic carbocycles. The number of benzene rings is 3. The third-order valence-electron chi connectivity index (χ3n) is 5.18. The quantitative estimate of drug-likeness (QED) is 0.449. The van der Waals surface area contributed by atoms with Gasteiger partial charge in [0.1, 0.15) is 0 Å². The van der Waals surface area contributed by atoms with E-state index in [9.17, 15) is 9.59 Å². The van der Waals surface area contributed by atoms with Gasteiger partial charge < -0.3 is 5.32 Å². The van der Waals surface area contributed by atoms with Crippen molar-refractivity contribution in [3.05, 3.63) is 105 Å². The Bertz CT molecular complexity index is 1520. The van der Waals surface area contributed by atoms with Gasteiger partial charge in [-0.15, -0.1) is 5.10 Å². The lowest BCUT2D eigenvalue weighted by molar-refractivity contribution is 0.101. The van der Waals surface area contributed by atoms with E-state index in [2.05, 4.69) is 15.4 Å². The highest BCUT2D eigenvalue weighted by molar-refractivity contribution is 6.30. The van der Waals surface area contributed by atoms with E-state index >= 15 is 0 Å². The molecule has 32 heavy (non-hydrogen) atoms. The Labute approximate surface area is 187 Å². The molecule has 7 nitrogen and oxygen atoms in total. The maximum atomic E-state index is 13.4. The van der Waals surface area contributed by atoms with Gasteiger partial charge in [0.2, 0.25) is 11.5 Å². The van der Waals surface area contributed by atoms with Gasteiger partial charge in [-0.25, -0.2) is 4.52 Å². The van der Waals surface area contributed by atoms with Crippen LogP contribution < -0.4 is 10.9 Å². The number of aromatic nitrogens is 4. The van der Waals surface area contributed by atoms with Gasteiger partial charge in [-0.1, -0.05) is 48.0 Å². The average Bonchev–Trinajstić information content (AvgIpc) is 3.25. The van der Waals surface area contributed by atoms with E-state index in [0.29, 0.717) is 22.8 Å². The molecular weight excluding hydrogens is 426 g/mol. The van der Waals surface area contributed by atoms with Gasteiger partial charge >= 0.3 is 0 Å². The van der Waals surface area contributed by atoms with E-state index in [1.165, 1.54) is 4.52 Å². The molecule has 5 aromatic rings. The number of nitrogens with one attached hydrogen (secondary N) is 1. The van der Waals surface area contributed by atoms with Crippen molar-refractivity contribution in [1.82, 2.24) is 19.2 Å². The summed E-state index contributed by atoms with van der Waals surface area (Å²) in [6.45, 7) is 2.35. The van der Waals surface area contributed by atoms with Gasteiger partial charge in [0, 0.05) is 10.7 Å². The third-order valence-corrected chi connectivity index (χ3v) is 5.43. The van der Waals surface area contributed by atoms with Crippen LogP contribution in [0.4, 0.5) is 5.69 Å². The first kappa shape index (κ1) is 20.0. The number of aryl methyl sites for hydroxylation is 1. The van der Waals surface area contributed by atoms with Gasteiger partial charge in [-0.05, 0) is 54.4 Å². The Hall–Kier alpha value is -3.97. The zero-order chi connectivity index (χ0) is 22.2. The molecule has 2 aromatic heterocycles. The predicted octanol–water partition coefficient (Wildman–Crippen LogP) is 4.31. The minimum Gasteiger partial charge on any atom is -0.319 e. The summed E-state index contributed by atoms with van der Waals surface area (Å²) < 4.78 is 3.11. The highest BCUT2D eigenvalue weighted by Crippen LogP contribution is 2.18. The second-order valence-electron chi connectivity index (χ2n) is 7.50. The molecular formula is C24H18ClN5O2. The van der Waals surface area contributed by atoms with Crippen LogP contribution in [0.3, 0.4) is 0 Å². The van der Waals surface area contributed by atoms with Gasteiger partial charge in [0.15, 0.2) is 0 Å². The Morgan fingerprint density at radius 1 is 1.00 bits per heavy atom. The molecule has 158 valence electrons.